The fraction of sp³-hybridized carbons (Fsp3) is 0.550. The van der Waals surface area contributed by atoms with Crippen LogP contribution in [0.25, 0.3) is 0 Å². The molecule has 122 valence electrons. The van der Waals surface area contributed by atoms with Crippen LogP contribution in [-0.4, -0.2) is 41.4 Å². The summed E-state index contributed by atoms with van der Waals surface area (Å²) in [6, 6.07) is 9.34. The van der Waals surface area contributed by atoms with E-state index in [-0.39, 0.29) is 0 Å². The van der Waals surface area contributed by atoms with Gasteiger partial charge in [0.05, 0.1) is 0 Å². The minimum Gasteiger partial charge on any atom is -0.337 e. The van der Waals surface area contributed by atoms with Crippen LogP contribution in [0.15, 0.2) is 35.9 Å². The molecule has 0 spiro atoms. The van der Waals surface area contributed by atoms with Gasteiger partial charge in [0.1, 0.15) is 0 Å². The van der Waals surface area contributed by atoms with Gasteiger partial charge in [0.15, 0.2) is 0 Å². The van der Waals surface area contributed by atoms with Gasteiger partial charge >= 0.3 is 0 Å². The number of nitrogens with zero attached hydrogens (tertiary/aromatic N) is 2. The largest absolute Gasteiger partial charge is 0.337 e. The van der Waals surface area contributed by atoms with Gasteiger partial charge in [-0.2, -0.15) is 0 Å². The van der Waals surface area contributed by atoms with E-state index in [0.29, 0.717) is 11.9 Å². The fourth-order valence-corrected chi connectivity index (χ4v) is 4.33. The zero-order valence-corrected chi connectivity index (χ0v) is 13.8. The normalized spacial score (nSPS) is 25.1. The van der Waals surface area contributed by atoms with Crippen LogP contribution in [-0.2, 0) is 17.8 Å². The Kier molecular flexibility index (Phi) is 4.21. The summed E-state index contributed by atoms with van der Waals surface area (Å²) in [7, 11) is 0. The van der Waals surface area contributed by atoms with Crippen LogP contribution in [0.3, 0.4) is 0 Å². The molecule has 0 saturated carbocycles. The molecule has 23 heavy (non-hydrogen) atoms. The number of piperidine rings is 1. The second kappa shape index (κ2) is 6.48. The number of benzene rings is 1. The molecule has 0 N–H and O–H groups in total. The molecule has 0 bridgehead atoms. The van der Waals surface area contributed by atoms with Crippen molar-refractivity contribution < 1.29 is 4.79 Å². The molecular weight excluding hydrogens is 284 g/mol. The minimum absolute atomic E-state index is 0.310. The first-order valence-corrected chi connectivity index (χ1v) is 9.10. The maximum absolute atomic E-state index is 12.7. The highest BCUT2D eigenvalue weighted by atomic mass is 16.2. The number of allylic oxidation sites excluding steroid dienone is 1. The van der Waals surface area contributed by atoms with Crippen LogP contribution in [0.5, 0.6) is 0 Å². The van der Waals surface area contributed by atoms with Crippen LogP contribution in [0, 0.1) is 0 Å². The first kappa shape index (κ1) is 14.9. The summed E-state index contributed by atoms with van der Waals surface area (Å²) >= 11 is 0. The molecule has 1 aromatic carbocycles. The van der Waals surface area contributed by atoms with Crippen molar-refractivity contribution in [3.8, 4) is 0 Å². The van der Waals surface area contributed by atoms with Crippen LogP contribution in [0.1, 0.15) is 43.2 Å². The first-order chi connectivity index (χ1) is 11.3. The molecule has 1 fully saturated rings. The molecule has 4 rings (SSSR count). The smallest absolute Gasteiger partial charge is 0.249 e. The third-order valence-corrected chi connectivity index (χ3v) is 5.68. The molecule has 1 aliphatic carbocycles. The summed E-state index contributed by atoms with van der Waals surface area (Å²) < 4.78 is 0. The van der Waals surface area contributed by atoms with Gasteiger partial charge in [-0.1, -0.05) is 30.3 Å². The van der Waals surface area contributed by atoms with Crippen molar-refractivity contribution >= 4 is 5.91 Å². The van der Waals surface area contributed by atoms with E-state index in [0.717, 1.165) is 63.9 Å². The lowest BCUT2D eigenvalue weighted by Crippen LogP contribution is -2.51. The van der Waals surface area contributed by atoms with Gasteiger partial charge in [0, 0.05) is 37.8 Å². The lowest BCUT2D eigenvalue weighted by molar-refractivity contribution is -0.129. The van der Waals surface area contributed by atoms with Crippen molar-refractivity contribution in [2.75, 3.05) is 19.6 Å². The summed E-state index contributed by atoms with van der Waals surface area (Å²) in [5.41, 5.74) is 4.04. The van der Waals surface area contributed by atoms with Crippen LogP contribution >= 0.6 is 0 Å². The second-order valence-corrected chi connectivity index (χ2v) is 7.16. The summed E-state index contributed by atoms with van der Waals surface area (Å²) in [6.07, 6.45) is 8.89. The van der Waals surface area contributed by atoms with E-state index >= 15 is 0 Å². The zero-order chi connectivity index (χ0) is 15.6. The number of likely N-dealkylation sites (tertiary alicyclic amines) is 1. The molecule has 3 heteroatoms. The molecule has 1 atom stereocenters. The number of hydrogen-bond acceptors (Lipinski definition) is 2. The van der Waals surface area contributed by atoms with Crippen molar-refractivity contribution in [1.82, 2.24) is 9.80 Å². The van der Waals surface area contributed by atoms with Gasteiger partial charge in [-0.05, 0) is 49.7 Å². The Morgan fingerprint density at radius 2 is 1.91 bits per heavy atom. The first-order valence-electron chi connectivity index (χ1n) is 9.10. The molecule has 2 aliphatic heterocycles. The molecule has 1 saturated heterocycles. The number of hydrogen-bond donors (Lipinski definition) is 0. The van der Waals surface area contributed by atoms with Gasteiger partial charge < -0.3 is 4.90 Å². The topological polar surface area (TPSA) is 23.6 Å². The highest BCUT2D eigenvalue weighted by molar-refractivity contribution is 5.93. The second-order valence-electron chi connectivity index (χ2n) is 7.16. The predicted octanol–water partition coefficient (Wildman–Crippen LogP) is 3.15. The molecule has 2 heterocycles. The third kappa shape index (κ3) is 3.07. The van der Waals surface area contributed by atoms with Crippen LogP contribution < -0.4 is 0 Å². The van der Waals surface area contributed by atoms with Gasteiger partial charge in [-0.3, -0.25) is 9.69 Å². The quantitative estimate of drug-likeness (QED) is 0.838. The summed E-state index contributed by atoms with van der Waals surface area (Å²) in [5.74, 6) is 0.310. The van der Waals surface area contributed by atoms with Crippen LogP contribution in [0.2, 0.25) is 0 Å². The Hall–Kier alpha value is -1.61. The molecular formula is C20H26N2O. The van der Waals surface area contributed by atoms with Gasteiger partial charge in [0.25, 0.3) is 0 Å². The van der Waals surface area contributed by atoms with Crippen LogP contribution in [0.4, 0.5) is 0 Å². The molecule has 3 aliphatic rings. The maximum atomic E-state index is 12.7. The number of carbonyl (C=O) groups excluding carboxylic acids is 1. The molecule has 1 amide bonds. The number of amides is 1. The predicted molar refractivity (Wildman–Crippen MR) is 92.1 cm³/mol. The SMILES string of the molecule is O=C(C1=CCCC1)N1CCCC(N2CCc3ccccc3C2)C1. The number of rotatable bonds is 2. The van der Waals surface area contributed by atoms with Crippen molar-refractivity contribution in [2.24, 2.45) is 0 Å². The van der Waals surface area contributed by atoms with E-state index in [9.17, 15) is 4.79 Å². The standard InChI is InChI=1S/C20H26N2O/c23-20(17-7-2-3-8-17)22-12-5-10-19(15-22)21-13-11-16-6-1-4-9-18(16)14-21/h1,4,6-7,9,19H,2-3,5,8,10-15H2. The zero-order valence-electron chi connectivity index (χ0n) is 13.8. The lowest BCUT2D eigenvalue weighted by Gasteiger charge is -2.41. The van der Waals surface area contributed by atoms with Crippen molar-refractivity contribution in [3.05, 3.63) is 47.0 Å². The summed E-state index contributed by atoms with van der Waals surface area (Å²) in [5, 5.41) is 0. The Bertz CT molecular complexity index is 622. The summed E-state index contributed by atoms with van der Waals surface area (Å²) in [6.45, 7) is 4.04. The van der Waals surface area contributed by atoms with E-state index < -0.39 is 0 Å². The lowest BCUT2D eigenvalue weighted by atomic mass is 9.95. The Morgan fingerprint density at radius 1 is 1.04 bits per heavy atom. The maximum Gasteiger partial charge on any atom is 0.249 e. The molecule has 0 radical (unpaired) electrons. The van der Waals surface area contributed by atoms with Crippen molar-refractivity contribution in [3.63, 3.8) is 0 Å². The molecule has 1 unspecified atom stereocenters. The average Bonchev–Trinajstić information content (AvgIpc) is 3.15. The Labute approximate surface area is 139 Å². The molecule has 0 aromatic heterocycles. The van der Waals surface area contributed by atoms with E-state index in [1.54, 1.807) is 0 Å². The monoisotopic (exact) mass is 310 g/mol. The van der Waals surface area contributed by atoms with Gasteiger partial charge in [0.2, 0.25) is 5.91 Å². The van der Waals surface area contributed by atoms with E-state index in [4.69, 9.17) is 0 Å². The number of fused-ring (bicyclic) bond motifs is 1. The van der Waals surface area contributed by atoms with Gasteiger partial charge in [-0.25, -0.2) is 0 Å². The van der Waals surface area contributed by atoms with Crippen molar-refractivity contribution in [1.29, 1.82) is 0 Å². The highest BCUT2D eigenvalue weighted by Gasteiger charge is 2.31. The van der Waals surface area contributed by atoms with E-state index in [1.165, 1.54) is 17.5 Å². The number of carbonyl (C=O) groups is 1. The fourth-order valence-electron chi connectivity index (χ4n) is 4.33. The molecule has 3 nitrogen and oxygen atoms in total. The third-order valence-electron chi connectivity index (χ3n) is 5.68. The van der Waals surface area contributed by atoms with E-state index in [2.05, 4.69) is 40.1 Å². The molecule has 1 aromatic rings. The van der Waals surface area contributed by atoms with Gasteiger partial charge in [-0.15, -0.1) is 0 Å². The average molecular weight is 310 g/mol. The Balaban J connectivity index is 1.43. The highest BCUT2D eigenvalue weighted by Crippen LogP contribution is 2.26. The Morgan fingerprint density at radius 3 is 2.74 bits per heavy atom. The van der Waals surface area contributed by atoms with E-state index in [1.807, 2.05) is 0 Å². The minimum atomic E-state index is 0.310. The summed E-state index contributed by atoms with van der Waals surface area (Å²) in [4.78, 5) is 17.4. The van der Waals surface area contributed by atoms with Crippen molar-refractivity contribution in [2.45, 2.75) is 51.1 Å².